The van der Waals surface area contributed by atoms with Crippen molar-refractivity contribution in [1.82, 2.24) is 0 Å². The summed E-state index contributed by atoms with van der Waals surface area (Å²) in [7, 11) is -3.96. The summed E-state index contributed by atoms with van der Waals surface area (Å²) in [5.74, 6) is -1.05. The lowest BCUT2D eigenvalue weighted by molar-refractivity contribution is -0.118. The maximum Gasteiger partial charge on any atom is 0.339 e. The fourth-order valence-electron chi connectivity index (χ4n) is 2.40. The summed E-state index contributed by atoms with van der Waals surface area (Å²) in [6.07, 6.45) is 1.83. The van der Waals surface area contributed by atoms with Gasteiger partial charge < -0.3 is 10.1 Å². The Kier molecular flexibility index (Phi) is 8.17. The summed E-state index contributed by atoms with van der Waals surface area (Å²) >= 11 is 7.49. The van der Waals surface area contributed by atoms with Gasteiger partial charge in [-0.05, 0) is 49.6 Å². The Hall–Kier alpha value is -2.23. The van der Waals surface area contributed by atoms with Crippen LogP contribution in [0.1, 0.15) is 31.1 Å². The van der Waals surface area contributed by atoms with Crippen molar-refractivity contribution in [3.8, 4) is 0 Å². The minimum Gasteiger partial charge on any atom is -0.462 e. The molecule has 2 aromatic rings. The number of anilines is 2. The number of rotatable bonds is 8. The molecule has 0 fully saturated rings. The highest BCUT2D eigenvalue weighted by Gasteiger charge is 2.19. The van der Waals surface area contributed by atoms with Crippen LogP contribution in [0.25, 0.3) is 0 Å². The van der Waals surface area contributed by atoms with Crippen LogP contribution in [0.5, 0.6) is 0 Å². The molecule has 7 nitrogen and oxygen atoms in total. The third kappa shape index (κ3) is 5.90. The number of hydrogen-bond donors (Lipinski definition) is 2. The van der Waals surface area contributed by atoms with Crippen LogP contribution in [-0.4, -0.2) is 33.2 Å². The van der Waals surface area contributed by atoms with Gasteiger partial charge in [0.2, 0.25) is 5.91 Å². The third-order valence-corrected chi connectivity index (χ3v) is 6.47. The van der Waals surface area contributed by atoms with Gasteiger partial charge in [-0.3, -0.25) is 9.52 Å². The Morgan fingerprint density at radius 3 is 2.43 bits per heavy atom. The molecule has 0 heterocycles. The smallest absolute Gasteiger partial charge is 0.339 e. The molecule has 0 spiro atoms. The van der Waals surface area contributed by atoms with Crippen LogP contribution in [0.3, 0.4) is 0 Å². The number of halogens is 1. The molecule has 0 radical (unpaired) electrons. The van der Waals surface area contributed by atoms with Crippen molar-refractivity contribution in [2.75, 3.05) is 22.9 Å². The zero-order valence-corrected chi connectivity index (χ0v) is 19.4. The maximum atomic E-state index is 12.8. The number of amides is 1. The molecular formula is C20H23ClN2O5S2. The van der Waals surface area contributed by atoms with Gasteiger partial charge in [0.15, 0.2) is 0 Å². The van der Waals surface area contributed by atoms with E-state index in [9.17, 15) is 18.0 Å². The molecule has 0 aliphatic heterocycles. The second kappa shape index (κ2) is 10.2. The zero-order valence-electron chi connectivity index (χ0n) is 17.0. The molecule has 162 valence electrons. The fourth-order valence-corrected chi connectivity index (χ4v) is 4.26. The van der Waals surface area contributed by atoms with E-state index in [0.29, 0.717) is 5.69 Å². The molecule has 30 heavy (non-hydrogen) atoms. The van der Waals surface area contributed by atoms with Gasteiger partial charge in [0.05, 0.1) is 33.5 Å². The van der Waals surface area contributed by atoms with Crippen LogP contribution in [-0.2, 0) is 19.6 Å². The van der Waals surface area contributed by atoms with Gasteiger partial charge >= 0.3 is 5.97 Å². The van der Waals surface area contributed by atoms with E-state index in [2.05, 4.69) is 10.0 Å². The lowest BCUT2D eigenvalue weighted by Gasteiger charge is -2.14. The third-order valence-electron chi connectivity index (χ3n) is 3.98. The number of sulfonamides is 1. The molecule has 0 atom stereocenters. The molecule has 2 N–H and O–H groups in total. The lowest BCUT2D eigenvalue weighted by atomic mass is 10.2. The number of nitrogens with one attached hydrogen (secondary N) is 2. The van der Waals surface area contributed by atoms with Crippen molar-refractivity contribution in [1.29, 1.82) is 0 Å². The Morgan fingerprint density at radius 1 is 1.17 bits per heavy atom. The van der Waals surface area contributed by atoms with Gasteiger partial charge in [-0.25, -0.2) is 13.2 Å². The Bertz CT molecular complexity index is 1060. The lowest BCUT2D eigenvalue weighted by Crippen LogP contribution is -2.19. The molecule has 0 aromatic heterocycles. The average Bonchev–Trinajstić information content (AvgIpc) is 2.67. The van der Waals surface area contributed by atoms with Crippen LogP contribution < -0.4 is 10.0 Å². The number of thioether (sulfide) groups is 1. The van der Waals surface area contributed by atoms with Crippen molar-refractivity contribution in [3.05, 3.63) is 47.0 Å². The highest BCUT2D eigenvalue weighted by atomic mass is 35.5. The molecule has 0 aliphatic rings. The van der Waals surface area contributed by atoms with E-state index in [4.69, 9.17) is 16.3 Å². The number of benzene rings is 2. The van der Waals surface area contributed by atoms with E-state index in [1.54, 1.807) is 26.8 Å². The molecule has 0 unspecified atom stereocenters. The van der Waals surface area contributed by atoms with E-state index in [-0.39, 0.29) is 39.6 Å². The minimum atomic E-state index is -3.96. The second-order valence-electron chi connectivity index (χ2n) is 6.53. The van der Waals surface area contributed by atoms with Crippen LogP contribution in [0, 0.1) is 5.92 Å². The van der Waals surface area contributed by atoms with E-state index in [1.807, 2.05) is 6.26 Å². The van der Waals surface area contributed by atoms with Crippen LogP contribution in [0.4, 0.5) is 11.4 Å². The Labute approximate surface area is 185 Å². The topological polar surface area (TPSA) is 102 Å². The summed E-state index contributed by atoms with van der Waals surface area (Å²) in [5.41, 5.74) is 0.749. The normalized spacial score (nSPS) is 11.3. The van der Waals surface area contributed by atoms with Gasteiger partial charge in [0, 0.05) is 10.8 Å². The number of carbonyl (C=O) groups excluding carboxylic acids is 2. The molecule has 0 saturated heterocycles. The fraction of sp³-hybridized carbons (Fsp3) is 0.300. The summed E-state index contributed by atoms with van der Waals surface area (Å²) in [5, 5.41) is 2.82. The SMILES string of the molecule is CCOC(=O)c1ccc(NS(=O)(=O)c2ccc(SC)c(NC(=O)C(C)C)c2)cc1Cl. The molecule has 10 heteroatoms. The maximum absolute atomic E-state index is 12.8. The van der Waals surface area contributed by atoms with E-state index < -0.39 is 16.0 Å². The van der Waals surface area contributed by atoms with Crippen molar-refractivity contribution in [3.63, 3.8) is 0 Å². The first kappa shape index (κ1) is 24.0. The predicted molar refractivity (Wildman–Crippen MR) is 120 cm³/mol. The highest BCUT2D eigenvalue weighted by Crippen LogP contribution is 2.30. The van der Waals surface area contributed by atoms with Crippen LogP contribution in [0.15, 0.2) is 46.2 Å². The number of hydrogen-bond acceptors (Lipinski definition) is 6. The van der Waals surface area contributed by atoms with Crippen molar-refractivity contribution < 1.29 is 22.7 Å². The zero-order chi connectivity index (χ0) is 22.5. The van der Waals surface area contributed by atoms with E-state index >= 15 is 0 Å². The summed E-state index contributed by atoms with van der Waals surface area (Å²) in [6.45, 7) is 5.37. The molecule has 2 aromatic carbocycles. The Morgan fingerprint density at radius 2 is 1.87 bits per heavy atom. The van der Waals surface area contributed by atoms with Gasteiger partial charge in [0.1, 0.15) is 0 Å². The highest BCUT2D eigenvalue weighted by molar-refractivity contribution is 7.98. The van der Waals surface area contributed by atoms with Gasteiger partial charge in [0.25, 0.3) is 10.0 Å². The quantitative estimate of drug-likeness (QED) is 0.430. The predicted octanol–water partition coefficient (Wildman–Crippen LogP) is 4.63. The van der Waals surface area contributed by atoms with Crippen molar-refractivity contribution in [2.24, 2.45) is 5.92 Å². The molecule has 0 bridgehead atoms. The molecule has 0 aliphatic carbocycles. The van der Waals surface area contributed by atoms with Crippen LogP contribution >= 0.6 is 23.4 Å². The summed E-state index contributed by atoms with van der Waals surface area (Å²) < 4.78 is 33.0. The van der Waals surface area contributed by atoms with E-state index in [1.165, 1.54) is 42.1 Å². The average molecular weight is 471 g/mol. The number of ether oxygens (including phenoxy) is 1. The monoisotopic (exact) mass is 470 g/mol. The molecule has 2 rings (SSSR count). The van der Waals surface area contributed by atoms with Crippen LogP contribution in [0.2, 0.25) is 5.02 Å². The van der Waals surface area contributed by atoms with Gasteiger partial charge in [-0.15, -0.1) is 11.8 Å². The second-order valence-corrected chi connectivity index (χ2v) is 9.46. The molecule has 1 amide bonds. The molecule has 0 saturated carbocycles. The van der Waals surface area contributed by atoms with Crippen molar-refractivity contribution >= 4 is 56.6 Å². The number of esters is 1. The largest absolute Gasteiger partial charge is 0.462 e. The minimum absolute atomic E-state index is 0.0232. The van der Waals surface area contributed by atoms with Gasteiger partial charge in [-0.1, -0.05) is 25.4 Å². The summed E-state index contributed by atoms with van der Waals surface area (Å²) in [6, 6.07) is 8.64. The summed E-state index contributed by atoms with van der Waals surface area (Å²) in [4.78, 5) is 24.6. The first-order chi connectivity index (χ1) is 14.1. The Balaban J connectivity index is 2.32. The number of carbonyl (C=O) groups is 2. The van der Waals surface area contributed by atoms with Gasteiger partial charge in [-0.2, -0.15) is 0 Å². The van der Waals surface area contributed by atoms with Crippen molar-refractivity contribution in [2.45, 2.75) is 30.6 Å². The first-order valence-corrected chi connectivity index (χ1v) is 12.2. The molecular weight excluding hydrogens is 448 g/mol. The standard InChI is InChI=1S/C20H23ClN2O5S2/c1-5-28-20(25)15-8-6-13(10-16(15)21)23-30(26,27)14-7-9-18(29-4)17(11-14)22-19(24)12(2)3/h6-12,23H,5H2,1-4H3,(H,22,24). The van der Waals surface area contributed by atoms with E-state index in [0.717, 1.165) is 4.90 Å². The first-order valence-electron chi connectivity index (χ1n) is 9.07.